The standard InChI is InChI=1S/C11H15N2OS.C7H9NO2S.C4H8N.2Y/c1-9(6-10-7-15-8-12-10)11(14)13-4-2-3-5-13;1-5(7(9)10)2-6-3-11-4-8-6;1-2-4-5-3-1;;/h4,7-9H,2-3,5-6H2,1H3;3-5H,2H2,1H3,(H,9,10);3,5H,1-2,4H2;;/q-1;;-1;;. The number of carboxylic acid groups (broad SMARTS) is 1. The summed E-state index contributed by atoms with van der Waals surface area (Å²) >= 11 is 3.07. The second-order valence-corrected chi connectivity index (χ2v) is 9.10. The van der Waals surface area contributed by atoms with Gasteiger partial charge in [-0.3, -0.25) is 16.1 Å². The number of nitrogens with one attached hydrogen (secondary N) is 1. The Morgan fingerprint density at radius 2 is 1.67 bits per heavy atom. The normalized spacial score (nSPS) is 16.1. The molecule has 4 rings (SSSR count). The Morgan fingerprint density at radius 3 is 2.03 bits per heavy atom. The van der Waals surface area contributed by atoms with Gasteiger partial charge in [-0.15, -0.1) is 22.7 Å². The SMILES string of the molecule is CC(Cc1cscn1)C(=O)N1[CH-]CCC1.CC(Cc1cscn1)C(=O)O.[CH-]1CCCN1.[Y].[Y]. The van der Waals surface area contributed by atoms with E-state index in [1.807, 2.05) is 34.6 Å². The summed E-state index contributed by atoms with van der Waals surface area (Å²) in [7, 11) is 0. The summed E-state index contributed by atoms with van der Waals surface area (Å²) in [6.07, 6.45) is 6.02. The summed E-state index contributed by atoms with van der Waals surface area (Å²) in [5, 5.41) is 15.5. The van der Waals surface area contributed by atoms with E-state index in [4.69, 9.17) is 5.11 Å². The molecule has 2 aliphatic heterocycles. The molecule has 2 atom stereocenters. The van der Waals surface area contributed by atoms with Crippen molar-refractivity contribution >= 4 is 34.6 Å². The van der Waals surface area contributed by atoms with E-state index in [0.717, 1.165) is 37.2 Å². The molecule has 4 heterocycles. The number of aliphatic carboxylic acids is 1. The molecule has 2 aliphatic rings. The Labute approximate surface area is 255 Å². The molecule has 11 heteroatoms. The molecule has 2 fully saturated rings. The number of nitrogens with zero attached hydrogens (tertiary/aromatic N) is 3. The van der Waals surface area contributed by atoms with Crippen LogP contribution in [0.2, 0.25) is 0 Å². The van der Waals surface area contributed by atoms with Crippen LogP contribution in [-0.2, 0) is 87.8 Å². The van der Waals surface area contributed by atoms with Gasteiger partial charge in [0.1, 0.15) is 0 Å². The third-order valence-electron chi connectivity index (χ3n) is 4.89. The van der Waals surface area contributed by atoms with Crippen molar-refractivity contribution in [1.29, 1.82) is 0 Å². The smallest absolute Gasteiger partial charge is 0.306 e. The Morgan fingerprint density at radius 1 is 1.06 bits per heavy atom. The van der Waals surface area contributed by atoms with Gasteiger partial charge in [-0.25, -0.2) is 16.5 Å². The number of carbonyl (C=O) groups excluding carboxylic acids is 1. The van der Waals surface area contributed by atoms with Crippen LogP contribution >= 0.6 is 22.7 Å². The van der Waals surface area contributed by atoms with E-state index in [-0.39, 0.29) is 83.2 Å². The zero-order chi connectivity index (χ0) is 22.5. The third-order valence-corrected chi connectivity index (χ3v) is 6.16. The predicted molar refractivity (Wildman–Crippen MR) is 124 cm³/mol. The molecule has 2 N–H and O–H groups in total. The topological polar surface area (TPSA) is 95.4 Å². The molecule has 2 aromatic rings. The third kappa shape index (κ3) is 13.9. The largest absolute Gasteiger partial charge is 0.493 e. The Kier molecular flexibility index (Phi) is 19.8. The molecular formula is C22H32N4O3S2Y2-2. The van der Waals surface area contributed by atoms with Crippen molar-refractivity contribution in [1.82, 2.24) is 20.2 Å². The molecule has 0 spiro atoms. The molecule has 2 aromatic heterocycles. The summed E-state index contributed by atoms with van der Waals surface area (Å²) in [4.78, 5) is 32.4. The van der Waals surface area contributed by atoms with Gasteiger partial charge in [0.2, 0.25) is 0 Å². The molecule has 0 bridgehead atoms. The molecular weight excluding hydrogens is 610 g/mol. The number of carboxylic acids is 1. The number of hydrogen-bond acceptors (Lipinski definition) is 7. The maximum atomic E-state index is 11.9. The number of rotatable bonds is 6. The average molecular weight is 642 g/mol. The summed E-state index contributed by atoms with van der Waals surface area (Å²) in [6.45, 7) is 9.87. The summed E-state index contributed by atoms with van der Waals surface area (Å²) in [6, 6.07) is 0. The maximum absolute atomic E-state index is 11.9. The Hall–Kier alpha value is 0.368. The van der Waals surface area contributed by atoms with E-state index < -0.39 is 5.97 Å². The molecule has 1 amide bonds. The van der Waals surface area contributed by atoms with E-state index in [0.29, 0.717) is 6.42 Å². The summed E-state index contributed by atoms with van der Waals surface area (Å²) in [5.74, 6) is -0.822. The van der Waals surface area contributed by atoms with Gasteiger partial charge in [-0.05, 0) is 13.1 Å². The monoisotopic (exact) mass is 642 g/mol. The molecule has 2 saturated heterocycles. The van der Waals surface area contributed by atoms with Crippen LogP contribution < -0.4 is 5.32 Å². The molecule has 33 heavy (non-hydrogen) atoms. The number of amides is 1. The van der Waals surface area contributed by atoms with Crippen LogP contribution in [0.5, 0.6) is 0 Å². The fraction of sp³-hybridized carbons (Fsp3) is 0.545. The number of thiazole rings is 2. The molecule has 178 valence electrons. The van der Waals surface area contributed by atoms with Crippen molar-refractivity contribution in [3.05, 3.63) is 46.3 Å². The number of likely N-dealkylation sites (tertiary alicyclic amines) is 1. The zero-order valence-electron chi connectivity index (χ0n) is 19.4. The second-order valence-electron chi connectivity index (χ2n) is 7.67. The van der Waals surface area contributed by atoms with E-state index >= 15 is 0 Å². The number of aromatic nitrogens is 2. The quantitative estimate of drug-likeness (QED) is 0.463. The van der Waals surface area contributed by atoms with Crippen molar-refractivity contribution < 1.29 is 80.1 Å². The van der Waals surface area contributed by atoms with E-state index in [1.54, 1.807) is 23.8 Å². The van der Waals surface area contributed by atoms with E-state index in [2.05, 4.69) is 21.8 Å². The van der Waals surface area contributed by atoms with Crippen LogP contribution in [0.25, 0.3) is 0 Å². The van der Waals surface area contributed by atoms with Gasteiger partial charge in [0.15, 0.2) is 5.91 Å². The second kappa shape index (κ2) is 19.5. The summed E-state index contributed by atoms with van der Waals surface area (Å²) < 4.78 is 0. The minimum Gasteiger partial charge on any atom is -0.493 e. The van der Waals surface area contributed by atoms with Crippen LogP contribution in [-0.4, -0.2) is 44.9 Å². The minimum absolute atomic E-state index is 0. The van der Waals surface area contributed by atoms with Gasteiger partial charge in [0.25, 0.3) is 0 Å². The molecule has 7 nitrogen and oxygen atoms in total. The van der Waals surface area contributed by atoms with Gasteiger partial charge in [0.05, 0.1) is 28.3 Å². The summed E-state index contributed by atoms with van der Waals surface area (Å²) in [5.41, 5.74) is 5.42. The van der Waals surface area contributed by atoms with E-state index in [9.17, 15) is 9.59 Å². The molecule has 0 saturated carbocycles. The van der Waals surface area contributed by atoms with Gasteiger partial charge in [-0.2, -0.15) is 12.8 Å². The van der Waals surface area contributed by atoms with Gasteiger partial charge < -0.3 is 15.3 Å². The van der Waals surface area contributed by atoms with Crippen LogP contribution in [0.15, 0.2) is 21.8 Å². The first-order valence-corrected chi connectivity index (χ1v) is 12.5. The first-order chi connectivity index (χ1) is 15.0. The fourth-order valence-electron chi connectivity index (χ4n) is 3.07. The Balaban J connectivity index is 0.000000502. The van der Waals surface area contributed by atoms with Crippen LogP contribution in [0.3, 0.4) is 0 Å². The van der Waals surface area contributed by atoms with Crippen LogP contribution in [0.1, 0.15) is 50.9 Å². The molecule has 0 aromatic carbocycles. The van der Waals surface area contributed by atoms with Gasteiger partial charge in [0, 0.05) is 94.9 Å². The van der Waals surface area contributed by atoms with Crippen molar-refractivity contribution in [2.75, 3.05) is 13.1 Å². The molecule has 2 radical (unpaired) electrons. The van der Waals surface area contributed by atoms with Crippen molar-refractivity contribution in [2.24, 2.45) is 11.8 Å². The Bertz CT molecular complexity index is 746. The average Bonchev–Trinajstić information content (AvgIpc) is 3.57. The zero-order valence-corrected chi connectivity index (χ0v) is 26.7. The van der Waals surface area contributed by atoms with Crippen molar-refractivity contribution in [2.45, 2.75) is 52.4 Å². The minimum atomic E-state index is -0.766. The number of carbonyl (C=O) groups is 2. The van der Waals surface area contributed by atoms with Gasteiger partial charge in [-0.1, -0.05) is 26.7 Å². The first kappa shape index (κ1) is 33.4. The molecule has 2 unspecified atom stereocenters. The van der Waals surface area contributed by atoms with E-state index in [1.165, 1.54) is 30.7 Å². The molecule has 0 aliphatic carbocycles. The van der Waals surface area contributed by atoms with Crippen LogP contribution in [0, 0.1) is 24.9 Å². The first-order valence-electron chi connectivity index (χ1n) is 10.6. The number of hydrogen-bond donors (Lipinski definition) is 2. The maximum Gasteiger partial charge on any atom is 0.306 e. The van der Waals surface area contributed by atoms with Crippen molar-refractivity contribution in [3.8, 4) is 0 Å². The fourth-order valence-corrected chi connectivity index (χ4v) is 4.21. The van der Waals surface area contributed by atoms with Crippen molar-refractivity contribution in [3.63, 3.8) is 0 Å². The van der Waals surface area contributed by atoms with Crippen LogP contribution in [0.4, 0.5) is 0 Å². The predicted octanol–water partition coefficient (Wildman–Crippen LogP) is 4.04. The van der Waals surface area contributed by atoms with Gasteiger partial charge >= 0.3 is 5.97 Å².